The summed E-state index contributed by atoms with van der Waals surface area (Å²) in [5.41, 5.74) is 2.54. The van der Waals surface area contributed by atoms with Gasteiger partial charge in [-0.15, -0.1) is 0 Å². The Morgan fingerprint density at radius 1 is 1.32 bits per heavy atom. The Morgan fingerprint density at radius 3 is 2.79 bits per heavy atom. The van der Waals surface area contributed by atoms with E-state index in [0.717, 1.165) is 11.0 Å². The fraction of sp³-hybridized carbons (Fsp3) is 0.150. The molecule has 28 heavy (non-hydrogen) atoms. The van der Waals surface area contributed by atoms with Crippen molar-refractivity contribution in [3.63, 3.8) is 0 Å². The Kier molecular flexibility index (Phi) is 5.82. The van der Waals surface area contributed by atoms with Crippen molar-refractivity contribution in [3.05, 3.63) is 52.8 Å². The second-order valence-electron chi connectivity index (χ2n) is 5.67. The van der Waals surface area contributed by atoms with E-state index in [2.05, 4.69) is 20.8 Å². The normalized spacial score (nSPS) is 11.1. The van der Waals surface area contributed by atoms with Crippen LogP contribution in [0.2, 0.25) is 5.02 Å². The van der Waals surface area contributed by atoms with Gasteiger partial charge < -0.3 is 19.2 Å². The summed E-state index contributed by atoms with van der Waals surface area (Å²) in [5.74, 6) is 0.446. The number of fused-ring (bicyclic) bond motifs is 1. The molecule has 142 valence electrons. The molecule has 0 saturated heterocycles. The lowest BCUT2D eigenvalue weighted by Crippen LogP contribution is -2.13. The van der Waals surface area contributed by atoms with Crippen molar-refractivity contribution in [2.75, 3.05) is 20.8 Å². The van der Waals surface area contributed by atoms with Gasteiger partial charge in [-0.3, -0.25) is 0 Å². The second-order valence-corrected chi connectivity index (χ2v) is 6.08. The summed E-state index contributed by atoms with van der Waals surface area (Å²) in [5, 5.41) is 9.80. The number of halogens is 1. The fourth-order valence-corrected chi connectivity index (χ4v) is 2.83. The second kappa shape index (κ2) is 8.46. The van der Waals surface area contributed by atoms with Gasteiger partial charge in [-0.2, -0.15) is 5.26 Å². The lowest BCUT2D eigenvalue weighted by atomic mass is 10.1. The maximum Gasteiger partial charge on any atom is 0.343 e. The van der Waals surface area contributed by atoms with E-state index in [1.807, 2.05) is 24.3 Å². The Balaban J connectivity index is 1.96. The van der Waals surface area contributed by atoms with Gasteiger partial charge in [-0.05, 0) is 35.9 Å². The summed E-state index contributed by atoms with van der Waals surface area (Å²) < 4.78 is 15.2. The van der Waals surface area contributed by atoms with Crippen LogP contribution < -0.4 is 9.47 Å². The van der Waals surface area contributed by atoms with Crippen molar-refractivity contribution in [1.29, 1.82) is 5.26 Å². The number of imidazole rings is 1. The van der Waals surface area contributed by atoms with Crippen LogP contribution in [0.25, 0.3) is 22.7 Å². The molecule has 3 aromatic rings. The number of para-hydroxylation sites is 2. The van der Waals surface area contributed by atoms with Gasteiger partial charge in [0.2, 0.25) is 0 Å². The zero-order valence-electron chi connectivity index (χ0n) is 15.2. The minimum atomic E-state index is -0.543. The monoisotopic (exact) mass is 397 g/mol. The molecule has 3 rings (SSSR count). The number of hydrogen-bond acceptors (Lipinski definition) is 6. The van der Waals surface area contributed by atoms with Crippen molar-refractivity contribution in [1.82, 2.24) is 9.97 Å². The lowest BCUT2D eigenvalue weighted by Gasteiger charge is -2.12. The predicted molar refractivity (Wildman–Crippen MR) is 105 cm³/mol. The number of aromatic amines is 1. The first-order valence-electron chi connectivity index (χ1n) is 8.19. The number of H-pyrrole nitrogens is 1. The molecule has 0 unspecified atom stereocenters. The highest BCUT2D eigenvalue weighted by atomic mass is 35.5. The Morgan fingerprint density at radius 2 is 2.11 bits per heavy atom. The minimum absolute atomic E-state index is 0.217. The van der Waals surface area contributed by atoms with E-state index in [9.17, 15) is 10.1 Å². The van der Waals surface area contributed by atoms with Gasteiger partial charge in [0.05, 0.1) is 35.8 Å². The number of rotatable bonds is 6. The van der Waals surface area contributed by atoms with E-state index in [0.29, 0.717) is 22.7 Å². The van der Waals surface area contributed by atoms with Crippen LogP contribution in [-0.4, -0.2) is 36.8 Å². The molecule has 0 spiro atoms. The molecule has 8 heteroatoms. The van der Waals surface area contributed by atoms with Gasteiger partial charge in [-0.1, -0.05) is 23.7 Å². The van der Waals surface area contributed by atoms with Crippen LogP contribution >= 0.6 is 11.6 Å². The first-order chi connectivity index (χ1) is 13.5. The van der Waals surface area contributed by atoms with Crippen LogP contribution in [0.15, 0.2) is 36.4 Å². The molecule has 0 aliphatic carbocycles. The van der Waals surface area contributed by atoms with Crippen LogP contribution in [0.5, 0.6) is 11.5 Å². The Bertz CT molecular complexity index is 1070. The number of allylic oxidation sites excluding steroid dienone is 1. The van der Waals surface area contributed by atoms with Crippen LogP contribution in [0.4, 0.5) is 0 Å². The molecule has 0 aliphatic rings. The van der Waals surface area contributed by atoms with Gasteiger partial charge in [0, 0.05) is 0 Å². The molecule has 2 aromatic carbocycles. The number of ether oxygens (including phenoxy) is 3. The average molecular weight is 398 g/mol. The average Bonchev–Trinajstić information content (AvgIpc) is 3.14. The van der Waals surface area contributed by atoms with Gasteiger partial charge in [0.15, 0.2) is 18.1 Å². The molecular weight excluding hydrogens is 382 g/mol. The lowest BCUT2D eigenvalue weighted by molar-refractivity contribution is -0.142. The summed E-state index contributed by atoms with van der Waals surface area (Å²) in [6.07, 6.45) is 1.64. The third kappa shape index (κ3) is 4.08. The van der Waals surface area contributed by atoms with Crippen molar-refractivity contribution in [3.8, 4) is 17.6 Å². The van der Waals surface area contributed by atoms with Crippen LogP contribution in [-0.2, 0) is 9.53 Å². The standard InChI is InChI=1S/C20H16ClN3O4/c1-26-17-9-12(8-14(21)19(17)28-11-18(25)27-2)7-13(10-22)20-23-15-5-3-4-6-16(15)24-20/h3-9H,11H2,1-2H3,(H,23,24)/b13-7+. The van der Waals surface area contributed by atoms with Crippen molar-refractivity contribution < 1.29 is 19.0 Å². The smallest absolute Gasteiger partial charge is 0.343 e. The first kappa shape index (κ1) is 19.3. The molecule has 0 aliphatic heterocycles. The van der Waals surface area contributed by atoms with E-state index in [4.69, 9.17) is 21.1 Å². The number of hydrogen-bond donors (Lipinski definition) is 1. The number of benzene rings is 2. The number of carbonyl (C=O) groups is 1. The maximum absolute atomic E-state index is 11.3. The van der Waals surface area contributed by atoms with E-state index in [1.165, 1.54) is 14.2 Å². The number of nitrogens with zero attached hydrogens (tertiary/aromatic N) is 2. The van der Waals surface area contributed by atoms with Gasteiger partial charge in [0.1, 0.15) is 11.9 Å². The molecule has 0 amide bonds. The molecule has 0 atom stereocenters. The number of nitrogens with one attached hydrogen (secondary N) is 1. The molecule has 1 heterocycles. The zero-order valence-corrected chi connectivity index (χ0v) is 15.9. The van der Waals surface area contributed by atoms with Crippen LogP contribution in [0.3, 0.4) is 0 Å². The van der Waals surface area contributed by atoms with Crippen molar-refractivity contribution in [2.45, 2.75) is 0 Å². The summed E-state index contributed by atoms with van der Waals surface area (Å²) in [6, 6.07) is 12.9. The van der Waals surface area contributed by atoms with Gasteiger partial charge in [0.25, 0.3) is 0 Å². The number of nitriles is 1. The van der Waals surface area contributed by atoms with E-state index in [1.54, 1.807) is 18.2 Å². The first-order valence-corrected chi connectivity index (χ1v) is 8.57. The molecular formula is C20H16ClN3O4. The molecule has 0 bridgehead atoms. The van der Waals surface area contributed by atoms with Crippen molar-refractivity contribution >= 4 is 40.3 Å². The number of aromatic nitrogens is 2. The number of esters is 1. The summed E-state index contributed by atoms with van der Waals surface area (Å²) in [4.78, 5) is 18.8. The SMILES string of the molecule is COC(=O)COc1c(Cl)cc(/C=C(\C#N)c2nc3ccccc3[nH]2)cc1OC. The fourth-order valence-electron chi connectivity index (χ4n) is 2.55. The summed E-state index contributed by atoms with van der Waals surface area (Å²) >= 11 is 6.28. The zero-order chi connectivity index (χ0) is 20.1. The molecule has 1 N–H and O–H groups in total. The summed E-state index contributed by atoms with van der Waals surface area (Å²) in [7, 11) is 2.72. The molecule has 7 nitrogen and oxygen atoms in total. The van der Waals surface area contributed by atoms with Crippen molar-refractivity contribution in [2.24, 2.45) is 0 Å². The van der Waals surface area contributed by atoms with E-state index in [-0.39, 0.29) is 17.4 Å². The number of methoxy groups -OCH3 is 2. The highest BCUT2D eigenvalue weighted by molar-refractivity contribution is 6.32. The molecule has 1 aromatic heterocycles. The Labute approximate surface area is 166 Å². The van der Waals surface area contributed by atoms with Crippen LogP contribution in [0, 0.1) is 11.3 Å². The van der Waals surface area contributed by atoms with Gasteiger partial charge in [-0.25, -0.2) is 9.78 Å². The number of carbonyl (C=O) groups excluding carboxylic acids is 1. The third-order valence-electron chi connectivity index (χ3n) is 3.89. The molecule has 0 saturated carbocycles. The minimum Gasteiger partial charge on any atom is -0.493 e. The van der Waals surface area contributed by atoms with Gasteiger partial charge >= 0.3 is 5.97 Å². The molecule has 0 fully saturated rings. The van der Waals surface area contributed by atoms with E-state index >= 15 is 0 Å². The largest absolute Gasteiger partial charge is 0.493 e. The van der Waals surface area contributed by atoms with Crippen LogP contribution in [0.1, 0.15) is 11.4 Å². The Hall–Kier alpha value is -3.50. The topological polar surface area (TPSA) is 97.2 Å². The quantitative estimate of drug-likeness (QED) is 0.501. The maximum atomic E-state index is 11.3. The highest BCUT2D eigenvalue weighted by Crippen LogP contribution is 2.37. The van der Waals surface area contributed by atoms with E-state index < -0.39 is 5.97 Å². The highest BCUT2D eigenvalue weighted by Gasteiger charge is 2.15. The third-order valence-corrected chi connectivity index (χ3v) is 4.17. The summed E-state index contributed by atoms with van der Waals surface area (Å²) in [6.45, 7) is -0.301. The predicted octanol–water partition coefficient (Wildman–Crippen LogP) is 3.84. The molecule has 0 radical (unpaired) electrons.